The summed E-state index contributed by atoms with van der Waals surface area (Å²) >= 11 is 0. The van der Waals surface area contributed by atoms with Gasteiger partial charge >= 0.3 is 0 Å². The first-order valence-electron chi connectivity index (χ1n) is 10.8. The van der Waals surface area contributed by atoms with Crippen molar-refractivity contribution in [1.82, 2.24) is 4.98 Å². The summed E-state index contributed by atoms with van der Waals surface area (Å²) in [6, 6.07) is 8.14. The van der Waals surface area contributed by atoms with Gasteiger partial charge in [0.15, 0.2) is 11.6 Å². The number of hydrogen-bond donors (Lipinski definition) is 2. The number of anilines is 2. The minimum atomic E-state index is -0.841. The van der Waals surface area contributed by atoms with Crippen molar-refractivity contribution in [3.05, 3.63) is 48.4 Å². The summed E-state index contributed by atoms with van der Waals surface area (Å²) in [6.45, 7) is 0.581. The van der Waals surface area contributed by atoms with E-state index in [0.29, 0.717) is 29.8 Å². The molecule has 9 heteroatoms. The zero-order valence-corrected chi connectivity index (χ0v) is 17.7. The van der Waals surface area contributed by atoms with Crippen LogP contribution in [0.1, 0.15) is 38.5 Å². The van der Waals surface area contributed by atoms with Gasteiger partial charge in [-0.3, -0.25) is 14.6 Å². The molecular formula is C23H26FN5O3. The molecule has 1 saturated carbocycles. The third-order valence-electron chi connectivity index (χ3n) is 5.79. The number of rotatable bonds is 7. The van der Waals surface area contributed by atoms with Crippen LogP contribution in [0, 0.1) is 11.7 Å². The van der Waals surface area contributed by atoms with Crippen LogP contribution in [0.4, 0.5) is 15.9 Å². The molecule has 1 fully saturated rings. The topological polar surface area (TPSA) is 110 Å². The van der Waals surface area contributed by atoms with E-state index in [1.54, 1.807) is 18.3 Å². The number of nitrogens with one attached hydrogen (secondary N) is 1. The van der Waals surface area contributed by atoms with Crippen LogP contribution in [0.3, 0.4) is 0 Å². The van der Waals surface area contributed by atoms with E-state index in [0.717, 1.165) is 12.8 Å². The van der Waals surface area contributed by atoms with Crippen LogP contribution < -0.4 is 20.8 Å². The number of primary amides is 1. The van der Waals surface area contributed by atoms with E-state index in [4.69, 9.17) is 10.5 Å². The van der Waals surface area contributed by atoms with Crippen LogP contribution in [0.15, 0.2) is 47.7 Å². The molecule has 1 aliphatic heterocycles. The maximum atomic E-state index is 13.3. The fourth-order valence-electron chi connectivity index (χ4n) is 4.04. The maximum absolute atomic E-state index is 13.3. The lowest BCUT2D eigenvalue weighted by atomic mass is 9.90. The van der Waals surface area contributed by atoms with Gasteiger partial charge in [0.1, 0.15) is 17.6 Å². The summed E-state index contributed by atoms with van der Waals surface area (Å²) in [5.41, 5.74) is 6.10. The number of nitrogens with two attached hydrogens (primary N) is 1. The number of amides is 2. The van der Waals surface area contributed by atoms with Gasteiger partial charge in [-0.1, -0.05) is 19.3 Å². The molecule has 1 aliphatic carbocycles. The molecule has 168 valence electrons. The molecule has 1 atom stereocenters. The largest absolute Gasteiger partial charge is 0.489 e. The van der Waals surface area contributed by atoms with Crippen LogP contribution in [-0.4, -0.2) is 35.2 Å². The number of hydrazone groups is 1. The van der Waals surface area contributed by atoms with Crippen molar-refractivity contribution in [2.75, 3.05) is 16.9 Å². The van der Waals surface area contributed by atoms with Gasteiger partial charge in [-0.15, -0.1) is 0 Å². The van der Waals surface area contributed by atoms with Crippen molar-refractivity contribution in [3.8, 4) is 5.75 Å². The predicted molar refractivity (Wildman–Crippen MR) is 119 cm³/mol. The first-order valence-corrected chi connectivity index (χ1v) is 10.8. The van der Waals surface area contributed by atoms with E-state index >= 15 is 0 Å². The standard InChI is InChI=1S/C23H26FN5O3/c24-16-8-10-17(11-9-16)29-19(21(25)30)13-18(28-29)23(31)27-22-20(7-4-12-26-22)32-14-15-5-2-1-3-6-15/h4,7-12,15,19H,1-3,5-6,13-14H2,(H2,25,30)(H,26,27,31). The molecule has 0 saturated heterocycles. The normalized spacial score (nSPS) is 18.8. The molecule has 3 N–H and O–H groups in total. The second-order valence-corrected chi connectivity index (χ2v) is 8.11. The Morgan fingerprint density at radius 1 is 1.16 bits per heavy atom. The molecule has 2 aromatic rings. The highest BCUT2D eigenvalue weighted by molar-refractivity contribution is 6.44. The first-order chi connectivity index (χ1) is 15.5. The maximum Gasteiger partial charge on any atom is 0.273 e. The third-order valence-corrected chi connectivity index (χ3v) is 5.79. The number of carbonyl (C=O) groups is 2. The average Bonchev–Trinajstić information content (AvgIpc) is 3.26. The molecule has 1 aromatic heterocycles. The zero-order valence-electron chi connectivity index (χ0n) is 17.7. The zero-order chi connectivity index (χ0) is 22.5. The molecule has 0 bridgehead atoms. The summed E-state index contributed by atoms with van der Waals surface area (Å²) < 4.78 is 19.2. The van der Waals surface area contributed by atoms with Gasteiger partial charge in [-0.2, -0.15) is 5.10 Å². The molecule has 2 amide bonds. The van der Waals surface area contributed by atoms with Crippen molar-refractivity contribution < 1.29 is 18.7 Å². The van der Waals surface area contributed by atoms with Gasteiger partial charge < -0.3 is 15.8 Å². The fourth-order valence-corrected chi connectivity index (χ4v) is 4.04. The Morgan fingerprint density at radius 3 is 2.62 bits per heavy atom. The molecule has 4 rings (SSSR count). The Kier molecular flexibility index (Phi) is 6.63. The highest BCUT2D eigenvalue weighted by atomic mass is 19.1. The van der Waals surface area contributed by atoms with Crippen molar-refractivity contribution >= 4 is 29.0 Å². The quantitative estimate of drug-likeness (QED) is 0.688. The Hall–Kier alpha value is -3.49. The predicted octanol–water partition coefficient (Wildman–Crippen LogP) is 3.24. The smallest absolute Gasteiger partial charge is 0.273 e. The molecule has 0 radical (unpaired) electrons. The summed E-state index contributed by atoms with van der Waals surface area (Å²) in [5.74, 6) is -0.246. The number of aromatic nitrogens is 1. The minimum absolute atomic E-state index is 0.0314. The van der Waals surface area contributed by atoms with E-state index in [1.807, 2.05) is 0 Å². The number of pyridine rings is 1. The molecule has 2 aliphatic rings. The van der Waals surface area contributed by atoms with Gasteiger partial charge in [0, 0.05) is 12.6 Å². The van der Waals surface area contributed by atoms with Crippen molar-refractivity contribution in [3.63, 3.8) is 0 Å². The molecule has 1 aromatic carbocycles. The summed E-state index contributed by atoms with van der Waals surface area (Å²) in [7, 11) is 0. The summed E-state index contributed by atoms with van der Waals surface area (Å²) in [5, 5.41) is 8.36. The van der Waals surface area contributed by atoms with E-state index < -0.39 is 23.7 Å². The first kappa shape index (κ1) is 21.7. The van der Waals surface area contributed by atoms with Gasteiger partial charge in [0.25, 0.3) is 5.91 Å². The number of nitrogens with zero attached hydrogens (tertiary/aromatic N) is 3. The molecular weight excluding hydrogens is 413 g/mol. The van der Waals surface area contributed by atoms with E-state index in [2.05, 4.69) is 15.4 Å². The highest BCUT2D eigenvalue weighted by Crippen LogP contribution is 2.28. The Balaban J connectivity index is 1.47. The molecule has 1 unspecified atom stereocenters. The van der Waals surface area contributed by atoms with Crippen molar-refractivity contribution in [2.45, 2.75) is 44.6 Å². The van der Waals surface area contributed by atoms with Crippen molar-refractivity contribution in [2.24, 2.45) is 16.8 Å². The Bertz CT molecular complexity index is 1000. The van der Waals surface area contributed by atoms with Crippen LogP contribution in [0.5, 0.6) is 5.75 Å². The van der Waals surface area contributed by atoms with Gasteiger partial charge in [0.05, 0.1) is 12.3 Å². The summed E-state index contributed by atoms with van der Waals surface area (Å²) in [6.07, 6.45) is 7.60. The lowest BCUT2D eigenvalue weighted by molar-refractivity contribution is -0.119. The highest BCUT2D eigenvalue weighted by Gasteiger charge is 2.35. The van der Waals surface area contributed by atoms with E-state index in [9.17, 15) is 14.0 Å². The Labute approximate surface area is 185 Å². The number of ether oxygens (including phenoxy) is 1. The monoisotopic (exact) mass is 439 g/mol. The number of benzene rings is 1. The second kappa shape index (κ2) is 9.76. The lowest BCUT2D eigenvalue weighted by Gasteiger charge is -2.22. The van der Waals surface area contributed by atoms with Crippen LogP contribution in [0.2, 0.25) is 0 Å². The minimum Gasteiger partial charge on any atom is -0.489 e. The van der Waals surface area contributed by atoms with Crippen LogP contribution >= 0.6 is 0 Å². The molecule has 8 nitrogen and oxygen atoms in total. The van der Waals surface area contributed by atoms with E-state index in [1.165, 1.54) is 48.5 Å². The number of carbonyl (C=O) groups excluding carboxylic acids is 2. The SMILES string of the molecule is NC(=O)C1CC(C(=O)Nc2ncccc2OCC2CCCCC2)=NN1c1ccc(F)cc1. The number of halogens is 1. The molecule has 32 heavy (non-hydrogen) atoms. The van der Waals surface area contributed by atoms with Gasteiger partial charge in [-0.05, 0) is 55.2 Å². The number of hydrogen-bond acceptors (Lipinski definition) is 6. The van der Waals surface area contributed by atoms with Gasteiger partial charge in [0.2, 0.25) is 5.91 Å². The van der Waals surface area contributed by atoms with Crippen molar-refractivity contribution in [1.29, 1.82) is 0 Å². The van der Waals surface area contributed by atoms with Crippen LogP contribution in [-0.2, 0) is 9.59 Å². The van der Waals surface area contributed by atoms with E-state index in [-0.39, 0.29) is 12.1 Å². The molecule has 0 spiro atoms. The fraction of sp³-hybridized carbons (Fsp3) is 0.391. The average molecular weight is 439 g/mol. The lowest BCUT2D eigenvalue weighted by Crippen LogP contribution is -2.39. The summed E-state index contributed by atoms with van der Waals surface area (Å²) in [4.78, 5) is 29.1. The van der Waals surface area contributed by atoms with Gasteiger partial charge in [-0.25, -0.2) is 9.37 Å². The Morgan fingerprint density at radius 2 is 1.91 bits per heavy atom. The third kappa shape index (κ3) is 5.04. The second-order valence-electron chi connectivity index (χ2n) is 8.11. The molecule has 2 heterocycles. The van der Waals surface area contributed by atoms with Crippen LogP contribution in [0.25, 0.3) is 0 Å².